The molecule has 0 aliphatic carbocycles. The molecule has 0 saturated carbocycles. The minimum Gasteiger partial charge on any atom is -0.481 e. The van der Waals surface area contributed by atoms with E-state index in [2.05, 4.69) is 0 Å². The van der Waals surface area contributed by atoms with Crippen molar-refractivity contribution in [3.05, 3.63) is 35.0 Å². The van der Waals surface area contributed by atoms with Crippen molar-refractivity contribution < 1.29 is 9.90 Å². The molecule has 2 rings (SSSR count). The van der Waals surface area contributed by atoms with E-state index in [4.69, 9.17) is 16.7 Å². The molecule has 0 radical (unpaired) electrons. The fourth-order valence-electron chi connectivity index (χ4n) is 1.63. The number of hydrogen-bond acceptors (Lipinski definition) is 1. The summed E-state index contributed by atoms with van der Waals surface area (Å²) in [6.45, 7) is 0. The van der Waals surface area contributed by atoms with Gasteiger partial charge in [0.1, 0.15) is 5.15 Å². The summed E-state index contributed by atoms with van der Waals surface area (Å²) in [7, 11) is 1.86. The van der Waals surface area contributed by atoms with Gasteiger partial charge in [-0.15, -0.1) is 0 Å². The number of carboxylic acids is 1. The smallest absolute Gasteiger partial charge is 0.307 e. The van der Waals surface area contributed by atoms with Crippen molar-refractivity contribution >= 4 is 28.5 Å². The zero-order chi connectivity index (χ0) is 11.0. The van der Waals surface area contributed by atoms with Crippen molar-refractivity contribution in [2.75, 3.05) is 0 Å². The van der Waals surface area contributed by atoms with Gasteiger partial charge in [-0.05, 0) is 17.7 Å². The highest BCUT2D eigenvalue weighted by Crippen LogP contribution is 2.23. The van der Waals surface area contributed by atoms with E-state index in [1.165, 1.54) is 0 Å². The van der Waals surface area contributed by atoms with Crippen LogP contribution >= 0.6 is 11.6 Å². The topological polar surface area (TPSA) is 42.2 Å². The third-order valence-electron chi connectivity index (χ3n) is 2.41. The average Bonchev–Trinajstić information content (AvgIpc) is 2.43. The molecule has 0 spiro atoms. The number of aliphatic carboxylic acids is 1. The van der Waals surface area contributed by atoms with Crippen LogP contribution in [0.1, 0.15) is 5.56 Å². The summed E-state index contributed by atoms with van der Waals surface area (Å²) >= 11 is 5.96. The maximum atomic E-state index is 10.6. The van der Waals surface area contributed by atoms with Crippen LogP contribution in [-0.4, -0.2) is 15.6 Å². The first kappa shape index (κ1) is 10.1. The lowest BCUT2D eigenvalue weighted by molar-refractivity contribution is -0.136. The zero-order valence-electron chi connectivity index (χ0n) is 8.20. The van der Waals surface area contributed by atoms with Gasteiger partial charge in [-0.2, -0.15) is 0 Å². The maximum absolute atomic E-state index is 10.6. The first-order valence-electron chi connectivity index (χ1n) is 4.53. The molecule has 0 atom stereocenters. The molecular weight excluding hydrogens is 214 g/mol. The second kappa shape index (κ2) is 3.59. The quantitative estimate of drug-likeness (QED) is 0.850. The van der Waals surface area contributed by atoms with Gasteiger partial charge in [-0.3, -0.25) is 4.79 Å². The van der Waals surface area contributed by atoms with Crippen molar-refractivity contribution in [3.63, 3.8) is 0 Å². The van der Waals surface area contributed by atoms with Crippen molar-refractivity contribution in [2.24, 2.45) is 7.05 Å². The number of nitrogens with zero attached hydrogens (tertiary/aromatic N) is 1. The number of fused-ring (bicyclic) bond motifs is 1. The van der Waals surface area contributed by atoms with Crippen molar-refractivity contribution in [1.82, 2.24) is 4.57 Å². The number of aryl methyl sites for hydroxylation is 1. The lowest BCUT2D eigenvalue weighted by atomic mass is 10.1. The van der Waals surface area contributed by atoms with Crippen LogP contribution in [0, 0.1) is 0 Å². The molecule has 4 heteroatoms. The van der Waals surface area contributed by atoms with E-state index >= 15 is 0 Å². The molecule has 0 saturated heterocycles. The highest BCUT2D eigenvalue weighted by molar-refractivity contribution is 6.30. The predicted molar refractivity (Wildman–Crippen MR) is 59.3 cm³/mol. The van der Waals surface area contributed by atoms with Crippen molar-refractivity contribution in [2.45, 2.75) is 6.42 Å². The summed E-state index contributed by atoms with van der Waals surface area (Å²) in [5.74, 6) is -0.824. The van der Waals surface area contributed by atoms with Gasteiger partial charge in [-0.25, -0.2) is 0 Å². The van der Waals surface area contributed by atoms with Gasteiger partial charge < -0.3 is 9.67 Å². The lowest BCUT2D eigenvalue weighted by Gasteiger charge is -2.00. The molecule has 0 aliphatic heterocycles. The van der Waals surface area contributed by atoms with Crippen LogP contribution in [0.2, 0.25) is 5.15 Å². The van der Waals surface area contributed by atoms with E-state index in [1.54, 1.807) is 0 Å². The molecule has 78 valence electrons. The first-order chi connectivity index (χ1) is 7.08. The van der Waals surface area contributed by atoms with Gasteiger partial charge in [-0.1, -0.05) is 23.7 Å². The number of halogens is 1. The number of benzene rings is 1. The number of aromatic nitrogens is 1. The minimum atomic E-state index is -0.824. The average molecular weight is 224 g/mol. The van der Waals surface area contributed by atoms with E-state index < -0.39 is 5.97 Å². The Morgan fingerprint density at radius 3 is 2.87 bits per heavy atom. The third-order valence-corrected chi connectivity index (χ3v) is 2.77. The molecule has 15 heavy (non-hydrogen) atoms. The minimum absolute atomic E-state index is 0.0404. The molecule has 0 fully saturated rings. The largest absolute Gasteiger partial charge is 0.481 e. The fraction of sp³-hybridized carbons (Fsp3) is 0.182. The first-order valence-corrected chi connectivity index (χ1v) is 4.91. The van der Waals surface area contributed by atoms with Crippen LogP contribution in [0.15, 0.2) is 24.3 Å². The molecule has 0 aliphatic rings. The summed E-state index contributed by atoms with van der Waals surface area (Å²) in [5.41, 5.74) is 1.74. The number of rotatable bonds is 2. The van der Waals surface area contributed by atoms with E-state index in [0.29, 0.717) is 5.15 Å². The number of carboxylic acid groups (broad SMARTS) is 1. The normalized spacial score (nSPS) is 10.8. The summed E-state index contributed by atoms with van der Waals surface area (Å²) in [6.07, 6.45) is 0.0404. The summed E-state index contributed by atoms with van der Waals surface area (Å²) in [6, 6.07) is 7.42. The molecule has 1 aromatic heterocycles. The van der Waals surface area contributed by atoms with Gasteiger partial charge in [0.05, 0.1) is 6.42 Å². The molecule has 0 bridgehead atoms. The van der Waals surface area contributed by atoms with E-state index in [9.17, 15) is 4.79 Å². The second-order valence-corrected chi connectivity index (χ2v) is 3.88. The van der Waals surface area contributed by atoms with Crippen LogP contribution in [0.25, 0.3) is 10.9 Å². The van der Waals surface area contributed by atoms with Gasteiger partial charge in [0, 0.05) is 18.0 Å². The van der Waals surface area contributed by atoms with Crippen LogP contribution in [-0.2, 0) is 18.3 Å². The third kappa shape index (κ3) is 1.83. The Hall–Kier alpha value is -1.48. The van der Waals surface area contributed by atoms with Crippen molar-refractivity contribution in [3.8, 4) is 0 Å². The standard InChI is InChI=1S/C11H10ClNO2/c1-13-9-4-7(5-11(14)15)2-3-8(9)6-10(13)12/h2-4,6H,5H2,1H3,(H,14,15). The molecule has 1 aromatic carbocycles. The number of carbonyl (C=O) groups is 1. The molecule has 0 unspecified atom stereocenters. The number of hydrogen-bond donors (Lipinski definition) is 1. The molecule has 3 nitrogen and oxygen atoms in total. The highest BCUT2D eigenvalue weighted by atomic mass is 35.5. The molecule has 0 amide bonds. The van der Waals surface area contributed by atoms with Crippen molar-refractivity contribution in [1.29, 1.82) is 0 Å². The Balaban J connectivity index is 2.54. The molecule has 2 aromatic rings. The van der Waals surface area contributed by atoms with Gasteiger partial charge in [0.15, 0.2) is 0 Å². The Kier molecular flexibility index (Phi) is 2.40. The molecular formula is C11H10ClNO2. The van der Waals surface area contributed by atoms with Crippen LogP contribution in [0.4, 0.5) is 0 Å². The summed E-state index contributed by atoms with van der Waals surface area (Å²) in [5, 5.41) is 10.4. The Morgan fingerprint density at radius 2 is 2.20 bits per heavy atom. The Morgan fingerprint density at radius 1 is 1.47 bits per heavy atom. The maximum Gasteiger partial charge on any atom is 0.307 e. The van der Waals surface area contributed by atoms with E-state index in [0.717, 1.165) is 16.5 Å². The molecule has 1 heterocycles. The SMILES string of the molecule is Cn1c(Cl)cc2ccc(CC(=O)O)cc21. The van der Waals surface area contributed by atoms with E-state index in [1.807, 2.05) is 35.9 Å². The van der Waals surface area contributed by atoms with Gasteiger partial charge >= 0.3 is 5.97 Å². The summed E-state index contributed by atoms with van der Waals surface area (Å²) in [4.78, 5) is 10.6. The predicted octanol–water partition coefficient (Wildman–Crippen LogP) is 2.46. The van der Waals surface area contributed by atoms with E-state index in [-0.39, 0.29) is 6.42 Å². The van der Waals surface area contributed by atoms with Crippen LogP contribution < -0.4 is 0 Å². The van der Waals surface area contributed by atoms with Gasteiger partial charge in [0.25, 0.3) is 0 Å². The van der Waals surface area contributed by atoms with Crippen LogP contribution in [0.3, 0.4) is 0 Å². The highest BCUT2D eigenvalue weighted by Gasteiger charge is 2.06. The van der Waals surface area contributed by atoms with Crippen LogP contribution in [0.5, 0.6) is 0 Å². The van der Waals surface area contributed by atoms with Gasteiger partial charge in [0.2, 0.25) is 0 Å². The molecule has 1 N–H and O–H groups in total. The second-order valence-electron chi connectivity index (χ2n) is 3.49. The Labute approximate surface area is 91.9 Å². The monoisotopic (exact) mass is 223 g/mol. The Bertz CT molecular complexity index is 531. The lowest BCUT2D eigenvalue weighted by Crippen LogP contribution is -2.00. The summed E-state index contributed by atoms with van der Waals surface area (Å²) < 4.78 is 1.84. The fourth-order valence-corrected chi connectivity index (χ4v) is 1.84. The zero-order valence-corrected chi connectivity index (χ0v) is 8.95.